The van der Waals surface area contributed by atoms with Gasteiger partial charge < -0.3 is 10.1 Å². The molecule has 3 rings (SSSR count). The number of esters is 1. The molecule has 1 atom stereocenters. The number of carbonyl (C=O) groups excluding carboxylic acids is 3. The van der Waals surface area contributed by atoms with Crippen LogP contribution < -0.4 is 5.32 Å². The lowest BCUT2D eigenvalue weighted by Gasteiger charge is -2.14. The van der Waals surface area contributed by atoms with Crippen LogP contribution in [0.15, 0.2) is 59.7 Å². The number of nitrogens with zero attached hydrogens (tertiary/aromatic N) is 2. The van der Waals surface area contributed by atoms with Crippen molar-refractivity contribution in [2.75, 3.05) is 11.9 Å². The molecule has 2 amide bonds. The van der Waals surface area contributed by atoms with E-state index in [1.54, 1.807) is 6.07 Å². The topological polar surface area (TPSA) is 88.1 Å². The average molecular weight is 407 g/mol. The van der Waals surface area contributed by atoms with Crippen LogP contribution in [-0.4, -0.2) is 41.2 Å². The molecule has 0 saturated carbocycles. The Hall–Kier alpha value is -3.48. The van der Waals surface area contributed by atoms with Gasteiger partial charge in [-0.25, -0.2) is 5.01 Å². The number of benzene rings is 2. The maximum Gasteiger partial charge on any atom is 0.307 e. The highest BCUT2D eigenvalue weighted by molar-refractivity contribution is 6.02. The third-order valence-corrected chi connectivity index (χ3v) is 4.70. The van der Waals surface area contributed by atoms with Crippen molar-refractivity contribution in [1.82, 2.24) is 5.01 Å². The molecule has 7 nitrogen and oxygen atoms in total. The van der Waals surface area contributed by atoms with Gasteiger partial charge in [-0.1, -0.05) is 42.5 Å². The van der Waals surface area contributed by atoms with Crippen LogP contribution in [-0.2, 0) is 19.1 Å². The van der Waals surface area contributed by atoms with E-state index >= 15 is 0 Å². The van der Waals surface area contributed by atoms with Crippen LogP contribution in [0.4, 0.5) is 5.69 Å². The van der Waals surface area contributed by atoms with E-state index in [0.29, 0.717) is 18.7 Å². The average Bonchev–Trinajstić information content (AvgIpc) is 3.23. The van der Waals surface area contributed by atoms with Gasteiger partial charge in [-0.15, -0.1) is 0 Å². The minimum absolute atomic E-state index is 0.0172. The number of hydrogen-bond donors (Lipinski definition) is 1. The van der Waals surface area contributed by atoms with E-state index in [-0.39, 0.29) is 18.7 Å². The number of hydrogen-bond acceptors (Lipinski definition) is 5. The highest BCUT2D eigenvalue weighted by Crippen LogP contribution is 2.15. The van der Waals surface area contributed by atoms with Gasteiger partial charge in [0.15, 0.2) is 6.10 Å². The molecule has 0 saturated heterocycles. The Labute approximate surface area is 175 Å². The normalized spacial score (nSPS) is 14.1. The SMILES string of the molecule is Cc1cccc(NC(=O)C(C)OC(=O)CCC(=O)N2CCC(c3ccccc3)=N2)c1. The summed E-state index contributed by atoms with van der Waals surface area (Å²) in [5, 5.41) is 8.46. The molecule has 1 aliphatic rings. The van der Waals surface area contributed by atoms with E-state index in [1.165, 1.54) is 11.9 Å². The number of rotatable bonds is 7. The second kappa shape index (κ2) is 9.82. The van der Waals surface area contributed by atoms with Crippen molar-refractivity contribution >= 4 is 29.2 Å². The molecule has 2 aromatic carbocycles. The first-order valence-corrected chi connectivity index (χ1v) is 9.92. The summed E-state index contributed by atoms with van der Waals surface area (Å²) in [5.74, 6) is -1.26. The van der Waals surface area contributed by atoms with Gasteiger partial charge in [0.2, 0.25) is 5.91 Å². The first-order chi connectivity index (χ1) is 14.4. The summed E-state index contributed by atoms with van der Waals surface area (Å²) in [4.78, 5) is 36.6. The molecule has 0 radical (unpaired) electrons. The Kier molecular flexibility index (Phi) is 6.95. The van der Waals surface area contributed by atoms with Crippen molar-refractivity contribution in [3.8, 4) is 0 Å². The summed E-state index contributed by atoms with van der Waals surface area (Å²) in [5.41, 5.74) is 3.49. The van der Waals surface area contributed by atoms with Gasteiger partial charge in [0, 0.05) is 18.5 Å². The molecule has 1 aliphatic heterocycles. The Bertz CT molecular complexity index is 956. The van der Waals surface area contributed by atoms with Crippen molar-refractivity contribution in [2.45, 2.75) is 39.2 Å². The summed E-state index contributed by atoms with van der Waals surface area (Å²) in [7, 11) is 0. The van der Waals surface area contributed by atoms with Crippen molar-refractivity contribution < 1.29 is 19.1 Å². The maximum atomic E-state index is 12.4. The van der Waals surface area contributed by atoms with E-state index in [1.807, 2.05) is 55.5 Å². The number of aryl methyl sites for hydroxylation is 1. The van der Waals surface area contributed by atoms with E-state index in [0.717, 1.165) is 16.8 Å². The minimum Gasteiger partial charge on any atom is -0.453 e. The van der Waals surface area contributed by atoms with Crippen molar-refractivity contribution in [2.24, 2.45) is 5.10 Å². The fraction of sp³-hybridized carbons (Fsp3) is 0.304. The maximum absolute atomic E-state index is 12.4. The predicted molar refractivity (Wildman–Crippen MR) is 114 cm³/mol. The summed E-state index contributed by atoms with van der Waals surface area (Å²) >= 11 is 0. The van der Waals surface area contributed by atoms with E-state index in [4.69, 9.17) is 4.74 Å². The van der Waals surface area contributed by atoms with Gasteiger partial charge in [-0.3, -0.25) is 14.4 Å². The lowest BCUT2D eigenvalue weighted by molar-refractivity contribution is -0.154. The zero-order valence-electron chi connectivity index (χ0n) is 17.1. The molecule has 0 aliphatic carbocycles. The lowest BCUT2D eigenvalue weighted by Crippen LogP contribution is -2.30. The first-order valence-electron chi connectivity index (χ1n) is 9.92. The Balaban J connectivity index is 1.44. The standard InChI is InChI=1S/C23H25N3O4/c1-16-7-6-10-19(15-16)24-23(29)17(2)30-22(28)12-11-21(27)26-14-13-20(25-26)18-8-4-3-5-9-18/h3-10,15,17H,11-14H2,1-2H3,(H,24,29). The van der Waals surface area contributed by atoms with Crippen LogP contribution in [0.3, 0.4) is 0 Å². The number of ether oxygens (including phenoxy) is 1. The lowest BCUT2D eigenvalue weighted by atomic mass is 10.1. The molecule has 30 heavy (non-hydrogen) atoms. The summed E-state index contributed by atoms with van der Waals surface area (Å²) in [6.07, 6.45) is -0.400. The second-order valence-electron chi connectivity index (χ2n) is 7.17. The molecular formula is C23H25N3O4. The van der Waals surface area contributed by atoms with Gasteiger partial charge in [0.1, 0.15) is 0 Å². The fourth-order valence-corrected chi connectivity index (χ4v) is 3.08. The van der Waals surface area contributed by atoms with E-state index in [2.05, 4.69) is 10.4 Å². The molecule has 0 aromatic heterocycles. The summed E-state index contributed by atoms with van der Waals surface area (Å²) in [6, 6.07) is 17.0. The molecule has 2 aromatic rings. The van der Waals surface area contributed by atoms with E-state index < -0.39 is 18.0 Å². The third kappa shape index (κ3) is 5.76. The minimum atomic E-state index is -0.956. The molecule has 0 fully saturated rings. The molecule has 1 unspecified atom stereocenters. The van der Waals surface area contributed by atoms with Crippen LogP contribution in [0, 0.1) is 6.92 Å². The van der Waals surface area contributed by atoms with Crippen LogP contribution >= 0.6 is 0 Å². The molecular weight excluding hydrogens is 382 g/mol. The molecule has 7 heteroatoms. The Morgan fingerprint density at radius 2 is 1.87 bits per heavy atom. The molecule has 156 valence electrons. The molecule has 1 N–H and O–H groups in total. The smallest absolute Gasteiger partial charge is 0.307 e. The van der Waals surface area contributed by atoms with Crippen LogP contribution in [0.2, 0.25) is 0 Å². The highest BCUT2D eigenvalue weighted by Gasteiger charge is 2.23. The first kappa shape index (κ1) is 21.2. The largest absolute Gasteiger partial charge is 0.453 e. The number of amides is 2. The van der Waals surface area contributed by atoms with Gasteiger partial charge in [0.25, 0.3) is 5.91 Å². The second-order valence-corrected chi connectivity index (χ2v) is 7.17. The Morgan fingerprint density at radius 1 is 1.10 bits per heavy atom. The van der Waals surface area contributed by atoms with Gasteiger partial charge in [-0.05, 0) is 37.1 Å². The zero-order valence-corrected chi connectivity index (χ0v) is 17.1. The van der Waals surface area contributed by atoms with Crippen molar-refractivity contribution in [3.05, 3.63) is 65.7 Å². The number of hydrazone groups is 1. The van der Waals surface area contributed by atoms with Crippen LogP contribution in [0.1, 0.15) is 37.3 Å². The van der Waals surface area contributed by atoms with Gasteiger partial charge in [0.05, 0.1) is 18.7 Å². The van der Waals surface area contributed by atoms with Crippen LogP contribution in [0.25, 0.3) is 0 Å². The van der Waals surface area contributed by atoms with Crippen LogP contribution in [0.5, 0.6) is 0 Å². The predicted octanol–water partition coefficient (Wildman–Crippen LogP) is 3.28. The molecule has 0 spiro atoms. The van der Waals surface area contributed by atoms with Gasteiger partial charge in [-0.2, -0.15) is 5.10 Å². The van der Waals surface area contributed by atoms with Gasteiger partial charge >= 0.3 is 5.97 Å². The molecule has 1 heterocycles. The van der Waals surface area contributed by atoms with Crippen molar-refractivity contribution in [1.29, 1.82) is 0 Å². The number of anilines is 1. The number of nitrogens with one attached hydrogen (secondary N) is 1. The quantitative estimate of drug-likeness (QED) is 0.714. The molecule has 0 bridgehead atoms. The third-order valence-electron chi connectivity index (χ3n) is 4.70. The Morgan fingerprint density at radius 3 is 2.60 bits per heavy atom. The van der Waals surface area contributed by atoms with Crippen molar-refractivity contribution in [3.63, 3.8) is 0 Å². The monoisotopic (exact) mass is 407 g/mol. The highest BCUT2D eigenvalue weighted by atomic mass is 16.5. The summed E-state index contributed by atoms with van der Waals surface area (Å²) in [6.45, 7) is 3.92. The fourth-order valence-electron chi connectivity index (χ4n) is 3.08. The number of carbonyl (C=O) groups is 3. The summed E-state index contributed by atoms with van der Waals surface area (Å²) < 4.78 is 5.16. The van der Waals surface area contributed by atoms with E-state index in [9.17, 15) is 14.4 Å². The zero-order chi connectivity index (χ0) is 21.5.